The largest absolute Gasteiger partial charge is 0.496 e. The van der Waals surface area contributed by atoms with E-state index in [0.717, 1.165) is 59.6 Å². The molecule has 0 aliphatic heterocycles. The van der Waals surface area contributed by atoms with Crippen molar-refractivity contribution < 1.29 is 14.2 Å². The first kappa shape index (κ1) is 17.9. The quantitative estimate of drug-likeness (QED) is 0.240. The number of rotatable bonds is 3. The number of methoxy groups -OCH3 is 3. The van der Waals surface area contributed by atoms with Crippen LogP contribution >= 0.6 is 11.6 Å². The Morgan fingerprint density at radius 3 is 1.76 bits per heavy atom. The highest BCUT2D eigenvalue weighted by atomic mass is 35.5. The zero-order valence-corrected chi connectivity index (χ0v) is 17.1. The molecule has 0 radical (unpaired) electrons. The molecule has 0 aliphatic carbocycles. The van der Waals surface area contributed by atoms with Crippen LogP contribution in [0, 0.1) is 0 Å². The molecule has 0 heterocycles. The van der Waals surface area contributed by atoms with Crippen molar-refractivity contribution in [3.05, 3.63) is 65.7 Å². The zero-order chi connectivity index (χ0) is 20.1. The van der Waals surface area contributed by atoms with Crippen molar-refractivity contribution in [1.82, 2.24) is 0 Å². The number of fused-ring (bicyclic) bond motifs is 6. The van der Waals surface area contributed by atoms with E-state index in [1.807, 2.05) is 24.3 Å². The van der Waals surface area contributed by atoms with E-state index in [0.29, 0.717) is 5.75 Å². The maximum absolute atomic E-state index is 6.89. The standard InChI is InChI=1S/C25H19ClO3/c1-27-22-6-4-5-14-16(22)7-8-17-20(14)13-21-15-11-12-23(28-2)25(29-3)19(15)10-9-18(21)24(17)26/h4-13H,1-3H3. The first-order valence-corrected chi connectivity index (χ1v) is 9.71. The second-order valence-corrected chi connectivity index (χ2v) is 7.34. The van der Waals surface area contributed by atoms with Crippen LogP contribution in [0.2, 0.25) is 5.02 Å². The van der Waals surface area contributed by atoms with Gasteiger partial charge in [-0.2, -0.15) is 0 Å². The van der Waals surface area contributed by atoms with Gasteiger partial charge in [0, 0.05) is 21.5 Å². The number of benzene rings is 5. The van der Waals surface area contributed by atoms with Gasteiger partial charge in [-0.15, -0.1) is 0 Å². The van der Waals surface area contributed by atoms with Gasteiger partial charge in [0.2, 0.25) is 0 Å². The van der Waals surface area contributed by atoms with Crippen LogP contribution in [-0.4, -0.2) is 21.3 Å². The molecule has 0 unspecified atom stereocenters. The Kier molecular flexibility index (Phi) is 4.14. The molecule has 0 atom stereocenters. The predicted molar refractivity (Wildman–Crippen MR) is 121 cm³/mol. The van der Waals surface area contributed by atoms with Crippen molar-refractivity contribution in [2.24, 2.45) is 0 Å². The first-order chi connectivity index (χ1) is 14.2. The normalized spacial score (nSPS) is 11.4. The Hall–Kier alpha value is -3.17. The molecule has 29 heavy (non-hydrogen) atoms. The monoisotopic (exact) mass is 402 g/mol. The summed E-state index contributed by atoms with van der Waals surface area (Å²) >= 11 is 6.89. The molecule has 5 rings (SSSR count). The number of hydrogen-bond acceptors (Lipinski definition) is 3. The molecule has 0 N–H and O–H groups in total. The van der Waals surface area contributed by atoms with E-state index in [1.165, 1.54) is 0 Å². The summed E-state index contributed by atoms with van der Waals surface area (Å²) in [5.41, 5.74) is 0. The van der Waals surface area contributed by atoms with Crippen LogP contribution in [0.5, 0.6) is 17.2 Å². The van der Waals surface area contributed by atoms with Gasteiger partial charge in [0.1, 0.15) is 5.75 Å². The fourth-order valence-corrected chi connectivity index (χ4v) is 4.60. The van der Waals surface area contributed by atoms with E-state index in [9.17, 15) is 0 Å². The van der Waals surface area contributed by atoms with Crippen LogP contribution in [-0.2, 0) is 0 Å². The smallest absolute Gasteiger partial charge is 0.168 e. The molecule has 0 saturated heterocycles. The fraction of sp³-hybridized carbons (Fsp3) is 0.120. The minimum Gasteiger partial charge on any atom is -0.496 e. The molecule has 4 heteroatoms. The highest BCUT2D eigenvalue weighted by Crippen LogP contribution is 2.43. The molecule has 0 aliphatic rings. The van der Waals surface area contributed by atoms with Crippen LogP contribution in [0.4, 0.5) is 0 Å². The zero-order valence-electron chi connectivity index (χ0n) is 16.4. The van der Waals surface area contributed by atoms with E-state index >= 15 is 0 Å². The van der Waals surface area contributed by atoms with Crippen LogP contribution in [0.3, 0.4) is 0 Å². The number of hydrogen-bond donors (Lipinski definition) is 0. The van der Waals surface area contributed by atoms with E-state index in [-0.39, 0.29) is 0 Å². The Morgan fingerprint density at radius 1 is 0.517 bits per heavy atom. The van der Waals surface area contributed by atoms with E-state index < -0.39 is 0 Å². The van der Waals surface area contributed by atoms with Crippen LogP contribution in [0.1, 0.15) is 0 Å². The van der Waals surface area contributed by atoms with Crippen molar-refractivity contribution in [2.75, 3.05) is 21.3 Å². The predicted octanol–water partition coefficient (Wildman–Crippen LogP) is 6.98. The topological polar surface area (TPSA) is 27.7 Å². The van der Waals surface area contributed by atoms with Gasteiger partial charge >= 0.3 is 0 Å². The minimum absolute atomic E-state index is 0.710. The summed E-state index contributed by atoms with van der Waals surface area (Å²) in [7, 11) is 5.00. The maximum Gasteiger partial charge on any atom is 0.168 e. The van der Waals surface area contributed by atoms with Gasteiger partial charge in [-0.25, -0.2) is 0 Å². The van der Waals surface area contributed by atoms with Crippen molar-refractivity contribution in [1.29, 1.82) is 0 Å². The van der Waals surface area contributed by atoms with Crippen LogP contribution in [0.15, 0.2) is 60.7 Å². The number of halogens is 1. The molecule has 0 bridgehead atoms. The minimum atomic E-state index is 0.710. The van der Waals surface area contributed by atoms with Crippen molar-refractivity contribution in [2.45, 2.75) is 0 Å². The molecule has 0 aromatic heterocycles. The lowest BCUT2D eigenvalue weighted by Crippen LogP contribution is -1.92. The average molecular weight is 403 g/mol. The third-order valence-corrected chi connectivity index (χ3v) is 6.03. The third kappa shape index (κ3) is 2.51. The fourth-order valence-electron chi connectivity index (χ4n) is 4.27. The molecule has 5 aromatic carbocycles. The van der Waals surface area contributed by atoms with Gasteiger partial charge in [0.25, 0.3) is 0 Å². The summed E-state index contributed by atoms with van der Waals surface area (Å²) in [6.07, 6.45) is 0. The second kappa shape index (κ2) is 6.71. The molecule has 0 fully saturated rings. The van der Waals surface area contributed by atoms with Crippen molar-refractivity contribution >= 4 is 54.7 Å². The molecule has 144 valence electrons. The lowest BCUT2D eigenvalue weighted by molar-refractivity contribution is 0.358. The highest BCUT2D eigenvalue weighted by Gasteiger charge is 2.15. The Morgan fingerprint density at radius 2 is 1.10 bits per heavy atom. The maximum atomic E-state index is 6.89. The van der Waals surface area contributed by atoms with E-state index in [4.69, 9.17) is 25.8 Å². The van der Waals surface area contributed by atoms with Gasteiger partial charge in [-0.3, -0.25) is 0 Å². The SMILES string of the molecule is COc1ccc2c(ccc3c(Cl)c4ccc5c(OC)cccc5c4cc32)c1OC. The molecular weight excluding hydrogens is 384 g/mol. The summed E-state index contributed by atoms with van der Waals surface area (Å²) < 4.78 is 16.7. The summed E-state index contributed by atoms with van der Waals surface area (Å²) in [5, 5.41) is 9.22. The van der Waals surface area contributed by atoms with Gasteiger partial charge in [0.15, 0.2) is 11.5 Å². The molecule has 3 nitrogen and oxygen atoms in total. The lowest BCUT2D eigenvalue weighted by Gasteiger charge is -2.15. The van der Waals surface area contributed by atoms with Gasteiger partial charge in [0.05, 0.1) is 26.4 Å². The molecule has 5 aromatic rings. The van der Waals surface area contributed by atoms with Crippen LogP contribution in [0.25, 0.3) is 43.1 Å². The molecule has 0 spiro atoms. The van der Waals surface area contributed by atoms with Crippen LogP contribution < -0.4 is 14.2 Å². The second-order valence-electron chi connectivity index (χ2n) is 6.96. The summed E-state index contributed by atoms with van der Waals surface area (Å²) in [5.74, 6) is 2.29. The van der Waals surface area contributed by atoms with E-state index in [2.05, 4.69) is 36.4 Å². The van der Waals surface area contributed by atoms with Gasteiger partial charge in [-0.05, 0) is 57.9 Å². The summed E-state index contributed by atoms with van der Waals surface area (Å²) in [6.45, 7) is 0. The van der Waals surface area contributed by atoms with Gasteiger partial charge in [-0.1, -0.05) is 35.9 Å². The van der Waals surface area contributed by atoms with Crippen molar-refractivity contribution in [3.63, 3.8) is 0 Å². The third-order valence-electron chi connectivity index (χ3n) is 5.63. The Labute approximate surface area is 173 Å². The van der Waals surface area contributed by atoms with Crippen molar-refractivity contribution in [3.8, 4) is 17.2 Å². The lowest BCUT2D eigenvalue weighted by atomic mass is 9.94. The van der Waals surface area contributed by atoms with E-state index in [1.54, 1.807) is 21.3 Å². The Bertz CT molecular complexity index is 1420. The molecule has 0 amide bonds. The van der Waals surface area contributed by atoms with Gasteiger partial charge < -0.3 is 14.2 Å². The highest BCUT2D eigenvalue weighted by molar-refractivity contribution is 6.42. The summed E-state index contributed by atoms with van der Waals surface area (Å²) in [6, 6.07) is 20.5. The molecular formula is C25H19ClO3. The molecule has 0 saturated carbocycles. The summed E-state index contributed by atoms with van der Waals surface area (Å²) in [4.78, 5) is 0. The average Bonchev–Trinajstić information content (AvgIpc) is 2.77. The Balaban J connectivity index is 1.98. The number of ether oxygens (including phenoxy) is 3. The first-order valence-electron chi connectivity index (χ1n) is 9.33.